The maximum atomic E-state index is 6.10. The van der Waals surface area contributed by atoms with Gasteiger partial charge in [0.15, 0.2) is 5.15 Å². The lowest BCUT2D eigenvalue weighted by molar-refractivity contribution is 0.737. The lowest BCUT2D eigenvalue weighted by atomic mass is 10.1. The Morgan fingerprint density at radius 2 is 2.31 bits per heavy atom. The molecular formula is C12H16ClN3. The summed E-state index contributed by atoms with van der Waals surface area (Å²) in [6.07, 6.45) is 3.75. The Labute approximate surface area is 100 Å². The van der Waals surface area contributed by atoms with Crippen LogP contribution in [0.2, 0.25) is 5.15 Å². The summed E-state index contributed by atoms with van der Waals surface area (Å²) < 4.78 is 2.03. The fourth-order valence-corrected chi connectivity index (χ4v) is 2.14. The molecular weight excluding hydrogens is 222 g/mol. The predicted octanol–water partition coefficient (Wildman–Crippen LogP) is 2.44. The van der Waals surface area contributed by atoms with Gasteiger partial charge in [0, 0.05) is 18.7 Å². The maximum absolute atomic E-state index is 6.10. The van der Waals surface area contributed by atoms with Gasteiger partial charge in [0.05, 0.1) is 5.52 Å². The largest absolute Gasteiger partial charge is 0.328 e. The van der Waals surface area contributed by atoms with Gasteiger partial charge in [-0.1, -0.05) is 18.5 Å². The van der Waals surface area contributed by atoms with E-state index in [4.69, 9.17) is 17.3 Å². The molecule has 0 aliphatic heterocycles. The van der Waals surface area contributed by atoms with Crippen LogP contribution in [0, 0.1) is 0 Å². The summed E-state index contributed by atoms with van der Waals surface area (Å²) in [7, 11) is 0. The Hall–Kier alpha value is -1.06. The number of pyridine rings is 1. The second kappa shape index (κ2) is 4.44. The van der Waals surface area contributed by atoms with Gasteiger partial charge in [-0.25, -0.2) is 4.98 Å². The van der Waals surface area contributed by atoms with Crippen LogP contribution in [0.5, 0.6) is 0 Å². The summed E-state index contributed by atoms with van der Waals surface area (Å²) in [5.41, 5.74) is 7.95. The van der Waals surface area contributed by atoms with Gasteiger partial charge >= 0.3 is 0 Å². The highest BCUT2D eigenvalue weighted by atomic mass is 35.5. The molecule has 0 bridgehead atoms. The first-order chi connectivity index (χ1) is 7.61. The second-order valence-electron chi connectivity index (χ2n) is 4.14. The van der Waals surface area contributed by atoms with Gasteiger partial charge in [0.25, 0.3) is 0 Å². The zero-order valence-corrected chi connectivity index (χ0v) is 10.3. The minimum Gasteiger partial charge on any atom is -0.328 e. The van der Waals surface area contributed by atoms with Crippen LogP contribution in [0.25, 0.3) is 5.52 Å². The summed E-state index contributed by atoms with van der Waals surface area (Å²) in [6, 6.07) is 4.31. The zero-order valence-electron chi connectivity index (χ0n) is 9.57. The highest BCUT2D eigenvalue weighted by Crippen LogP contribution is 2.20. The van der Waals surface area contributed by atoms with E-state index in [0.29, 0.717) is 5.15 Å². The molecule has 0 saturated carbocycles. The van der Waals surface area contributed by atoms with E-state index >= 15 is 0 Å². The van der Waals surface area contributed by atoms with E-state index in [2.05, 4.69) is 24.0 Å². The number of aryl methyl sites for hydroxylation is 1. The van der Waals surface area contributed by atoms with Crippen molar-refractivity contribution in [1.29, 1.82) is 0 Å². The molecule has 0 radical (unpaired) electrons. The Morgan fingerprint density at radius 1 is 1.56 bits per heavy atom. The SMILES string of the molecule is CCc1nc(Cl)c2cc(CC(C)N)ccn12. The molecule has 2 aromatic heterocycles. The van der Waals surface area contributed by atoms with Crippen molar-refractivity contribution in [3.8, 4) is 0 Å². The number of halogens is 1. The summed E-state index contributed by atoms with van der Waals surface area (Å²) in [5.74, 6) is 0.993. The third-order valence-corrected chi connectivity index (χ3v) is 2.89. The van der Waals surface area contributed by atoms with Gasteiger partial charge in [0.2, 0.25) is 0 Å². The van der Waals surface area contributed by atoms with Crippen LogP contribution in [0.1, 0.15) is 25.2 Å². The van der Waals surface area contributed by atoms with Crippen molar-refractivity contribution in [1.82, 2.24) is 9.38 Å². The predicted molar refractivity (Wildman–Crippen MR) is 66.9 cm³/mol. The number of rotatable bonds is 3. The average Bonchev–Trinajstić information content (AvgIpc) is 2.55. The molecule has 0 fully saturated rings. The Morgan fingerprint density at radius 3 is 2.94 bits per heavy atom. The van der Waals surface area contributed by atoms with Crippen LogP contribution in [-0.2, 0) is 12.8 Å². The van der Waals surface area contributed by atoms with E-state index < -0.39 is 0 Å². The van der Waals surface area contributed by atoms with Crippen molar-refractivity contribution < 1.29 is 0 Å². The minimum atomic E-state index is 0.162. The van der Waals surface area contributed by atoms with Crippen molar-refractivity contribution in [3.63, 3.8) is 0 Å². The molecule has 86 valence electrons. The van der Waals surface area contributed by atoms with E-state index in [1.807, 2.05) is 17.5 Å². The molecule has 0 spiro atoms. The number of nitrogens with two attached hydrogens (primary N) is 1. The Balaban J connectivity index is 2.49. The van der Waals surface area contributed by atoms with Gasteiger partial charge in [-0.2, -0.15) is 0 Å². The molecule has 0 aliphatic rings. The molecule has 0 aliphatic carbocycles. The molecule has 16 heavy (non-hydrogen) atoms. The van der Waals surface area contributed by atoms with Crippen LogP contribution in [0.3, 0.4) is 0 Å². The maximum Gasteiger partial charge on any atom is 0.155 e. The summed E-state index contributed by atoms with van der Waals surface area (Å²) in [5, 5.41) is 0.573. The molecule has 2 aromatic rings. The van der Waals surface area contributed by atoms with E-state index in [9.17, 15) is 0 Å². The number of nitrogens with zero attached hydrogens (tertiary/aromatic N) is 2. The summed E-state index contributed by atoms with van der Waals surface area (Å²) >= 11 is 6.10. The number of hydrogen-bond acceptors (Lipinski definition) is 2. The van der Waals surface area contributed by atoms with Crippen molar-refractivity contribution in [2.45, 2.75) is 32.7 Å². The Kier molecular flexibility index (Phi) is 3.17. The van der Waals surface area contributed by atoms with E-state index in [-0.39, 0.29) is 6.04 Å². The third kappa shape index (κ3) is 2.06. The molecule has 3 nitrogen and oxygen atoms in total. The van der Waals surface area contributed by atoms with Crippen molar-refractivity contribution in [2.75, 3.05) is 0 Å². The normalized spacial score (nSPS) is 13.2. The van der Waals surface area contributed by atoms with Crippen LogP contribution in [-0.4, -0.2) is 15.4 Å². The second-order valence-corrected chi connectivity index (χ2v) is 4.50. The molecule has 1 unspecified atom stereocenters. The highest BCUT2D eigenvalue weighted by molar-refractivity contribution is 6.32. The fourth-order valence-electron chi connectivity index (χ4n) is 1.90. The molecule has 0 amide bonds. The van der Waals surface area contributed by atoms with Gasteiger partial charge in [-0.3, -0.25) is 0 Å². The van der Waals surface area contributed by atoms with Gasteiger partial charge in [-0.05, 0) is 31.0 Å². The summed E-state index contributed by atoms with van der Waals surface area (Å²) in [6.45, 7) is 4.07. The molecule has 2 heterocycles. The van der Waals surface area contributed by atoms with Crippen molar-refractivity contribution in [3.05, 3.63) is 34.9 Å². The van der Waals surface area contributed by atoms with Gasteiger partial charge < -0.3 is 10.1 Å². The van der Waals surface area contributed by atoms with Crippen LogP contribution >= 0.6 is 11.6 Å². The first-order valence-electron chi connectivity index (χ1n) is 5.52. The lowest BCUT2D eigenvalue weighted by Gasteiger charge is -2.06. The van der Waals surface area contributed by atoms with Gasteiger partial charge in [-0.15, -0.1) is 0 Å². The zero-order chi connectivity index (χ0) is 11.7. The van der Waals surface area contributed by atoms with Crippen LogP contribution < -0.4 is 5.73 Å². The quantitative estimate of drug-likeness (QED) is 0.891. The van der Waals surface area contributed by atoms with Crippen molar-refractivity contribution >= 4 is 17.1 Å². The molecule has 1 atom stereocenters. The van der Waals surface area contributed by atoms with E-state index in [0.717, 1.165) is 24.2 Å². The minimum absolute atomic E-state index is 0.162. The highest BCUT2D eigenvalue weighted by Gasteiger charge is 2.08. The number of hydrogen-bond donors (Lipinski definition) is 1. The smallest absolute Gasteiger partial charge is 0.155 e. The van der Waals surface area contributed by atoms with Gasteiger partial charge in [0.1, 0.15) is 5.82 Å². The lowest BCUT2D eigenvalue weighted by Crippen LogP contribution is -2.17. The van der Waals surface area contributed by atoms with Crippen LogP contribution in [0.15, 0.2) is 18.3 Å². The first kappa shape index (κ1) is 11.4. The van der Waals surface area contributed by atoms with Crippen LogP contribution in [0.4, 0.5) is 0 Å². The molecule has 2 rings (SSSR count). The van der Waals surface area contributed by atoms with Crippen molar-refractivity contribution in [2.24, 2.45) is 5.73 Å². The first-order valence-corrected chi connectivity index (χ1v) is 5.90. The van der Waals surface area contributed by atoms with E-state index in [1.54, 1.807) is 0 Å². The standard InChI is InChI=1S/C12H16ClN3/c1-3-11-15-12(13)10-7-9(6-8(2)14)4-5-16(10)11/h4-5,7-8H,3,6,14H2,1-2H3. The molecule has 0 aromatic carbocycles. The number of fused-ring (bicyclic) bond motifs is 1. The summed E-state index contributed by atoms with van der Waals surface area (Å²) in [4.78, 5) is 4.33. The molecule has 4 heteroatoms. The third-order valence-electron chi connectivity index (χ3n) is 2.61. The molecule has 0 saturated heterocycles. The average molecular weight is 238 g/mol. The Bertz CT molecular complexity index is 502. The molecule has 2 N–H and O–H groups in total. The number of aromatic nitrogens is 2. The fraction of sp³-hybridized carbons (Fsp3) is 0.417. The topological polar surface area (TPSA) is 43.3 Å². The monoisotopic (exact) mass is 237 g/mol. The van der Waals surface area contributed by atoms with E-state index in [1.165, 1.54) is 5.56 Å². The number of imidazole rings is 1.